The predicted molar refractivity (Wildman–Crippen MR) is 149 cm³/mol. The number of hydrogen-bond donors (Lipinski definition) is 3. The molecule has 1 aliphatic carbocycles. The number of hydrogen-bond acceptors (Lipinski definition) is 9. The number of anilines is 4. The molecule has 5 rings (SSSR count). The van der Waals surface area contributed by atoms with Gasteiger partial charge in [0, 0.05) is 19.1 Å². The summed E-state index contributed by atoms with van der Waals surface area (Å²) in [6, 6.07) is 5.47. The van der Waals surface area contributed by atoms with Crippen molar-refractivity contribution < 1.29 is 23.4 Å². The van der Waals surface area contributed by atoms with Gasteiger partial charge in [-0.3, -0.25) is 10.1 Å². The Morgan fingerprint density at radius 1 is 1.18 bits per heavy atom. The molecule has 1 saturated heterocycles. The number of amides is 1. The molecule has 1 amide bonds. The van der Waals surface area contributed by atoms with Crippen LogP contribution in [0.3, 0.4) is 0 Å². The normalized spacial score (nSPS) is 21.3. The van der Waals surface area contributed by atoms with Gasteiger partial charge in [0.1, 0.15) is 17.7 Å². The number of benzene rings is 1. The van der Waals surface area contributed by atoms with E-state index in [-0.39, 0.29) is 23.7 Å². The van der Waals surface area contributed by atoms with Crippen molar-refractivity contribution in [2.24, 2.45) is 0 Å². The van der Waals surface area contributed by atoms with Crippen LogP contribution in [0.2, 0.25) is 0 Å². The van der Waals surface area contributed by atoms with E-state index in [0.29, 0.717) is 29.4 Å². The van der Waals surface area contributed by atoms with Crippen molar-refractivity contribution in [2.45, 2.75) is 69.7 Å². The van der Waals surface area contributed by atoms with Crippen LogP contribution in [0.15, 0.2) is 24.4 Å². The molecule has 1 aromatic carbocycles. The third-order valence-electron chi connectivity index (χ3n) is 8.12. The second kappa shape index (κ2) is 11.8. The topological polar surface area (TPSA) is 106 Å². The highest BCUT2D eigenvalue weighted by molar-refractivity contribution is 6.02. The van der Waals surface area contributed by atoms with Crippen molar-refractivity contribution in [3.05, 3.63) is 30.0 Å². The van der Waals surface area contributed by atoms with Crippen molar-refractivity contribution in [1.82, 2.24) is 20.2 Å². The van der Waals surface area contributed by atoms with E-state index in [2.05, 4.69) is 32.5 Å². The second-order valence-electron chi connectivity index (χ2n) is 11.0. The smallest absolute Gasteiger partial charge is 0.342 e. The van der Waals surface area contributed by atoms with Gasteiger partial charge in [0.25, 0.3) is 5.91 Å². The average Bonchev–Trinajstić information content (AvgIpc) is 3.46. The molecule has 12 heteroatoms. The summed E-state index contributed by atoms with van der Waals surface area (Å²) >= 11 is 0. The average molecular weight is 560 g/mol. The molecule has 1 saturated carbocycles. The Morgan fingerprint density at radius 3 is 2.60 bits per heavy atom. The number of nitrogens with one attached hydrogen (secondary N) is 2. The molecule has 0 bridgehead atoms. The van der Waals surface area contributed by atoms with E-state index in [1.807, 2.05) is 6.92 Å². The van der Waals surface area contributed by atoms with E-state index in [4.69, 9.17) is 4.74 Å². The standard InChI is InChI=1S/C28H39F2N7O3/c1-4-40-23-15-18(25(38)32-19-11-13-35(2)14-12-19)9-10-21(23)33-27-31-16-22-24(34-27)37(20-7-5-6-8-20)17-28(29,30)26(39)36(22)3/h9-10,15-16,19-20,25,32,38H,4-8,11-14,17H2,1-3H3,(H,31,33,34). The van der Waals surface area contributed by atoms with E-state index in [1.54, 1.807) is 23.1 Å². The number of ether oxygens (including phenoxy) is 1. The number of aromatic nitrogens is 2. The lowest BCUT2D eigenvalue weighted by atomic mass is 10.0. The SMILES string of the molecule is CCOc1cc(C(O)NC2CCN(C)CC2)ccc1Nc1ncc2c(n1)N(C1CCCC1)CC(F)(F)C(=O)N2C. The number of nitrogens with zero attached hydrogens (tertiary/aromatic N) is 5. The fourth-order valence-corrected chi connectivity index (χ4v) is 5.81. The van der Waals surface area contributed by atoms with Gasteiger partial charge < -0.3 is 29.9 Å². The summed E-state index contributed by atoms with van der Waals surface area (Å²) in [7, 11) is 3.43. The van der Waals surface area contributed by atoms with Crippen LogP contribution in [0.4, 0.5) is 31.9 Å². The summed E-state index contributed by atoms with van der Waals surface area (Å²) in [5.41, 5.74) is 1.50. The first-order valence-corrected chi connectivity index (χ1v) is 14.1. The minimum Gasteiger partial charge on any atom is -0.492 e. The molecular formula is C28H39F2N7O3. The van der Waals surface area contributed by atoms with E-state index in [0.717, 1.165) is 56.5 Å². The Labute approximate surface area is 233 Å². The third-order valence-corrected chi connectivity index (χ3v) is 8.12. The molecular weight excluding hydrogens is 520 g/mol. The van der Waals surface area contributed by atoms with Gasteiger partial charge in [-0.05, 0) is 70.4 Å². The number of rotatable bonds is 8. The third kappa shape index (κ3) is 5.98. The van der Waals surface area contributed by atoms with Crippen molar-refractivity contribution in [1.29, 1.82) is 0 Å². The van der Waals surface area contributed by atoms with Crippen molar-refractivity contribution in [2.75, 3.05) is 55.5 Å². The van der Waals surface area contributed by atoms with Gasteiger partial charge in [-0.1, -0.05) is 18.9 Å². The van der Waals surface area contributed by atoms with Crippen LogP contribution in [0.5, 0.6) is 5.75 Å². The van der Waals surface area contributed by atoms with Crippen LogP contribution in [0, 0.1) is 0 Å². The number of carbonyl (C=O) groups is 1. The minimum absolute atomic E-state index is 0.122. The van der Waals surface area contributed by atoms with Crippen molar-refractivity contribution in [3.8, 4) is 5.75 Å². The molecule has 40 heavy (non-hydrogen) atoms. The monoisotopic (exact) mass is 559 g/mol. The van der Waals surface area contributed by atoms with Gasteiger partial charge in [-0.2, -0.15) is 13.8 Å². The zero-order chi connectivity index (χ0) is 28.4. The summed E-state index contributed by atoms with van der Waals surface area (Å²) in [6.45, 7) is 3.52. The summed E-state index contributed by atoms with van der Waals surface area (Å²) in [4.78, 5) is 26.3. The molecule has 0 radical (unpaired) electrons. The maximum Gasteiger partial charge on any atom is 0.342 e. The number of piperidine rings is 1. The number of aliphatic hydroxyl groups is 1. The maximum atomic E-state index is 14.9. The Bertz CT molecular complexity index is 1200. The van der Waals surface area contributed by atoms with E-state index in [1.165, 1.54) is 13.2 Å². The zero-order valence-corrected chi connectivity index (χ0v) is 23.4. The molecule has 3 heterocycles. The first-order chi connectivity index (χ1) is 19.2. The van der Waals surface area contributed by atoms with Crippen LogP contribution < -0.4 is 25.2 Å². The van der Waals surface area contributed by atoms with E-state index >= 15 is 0 Å². The summed E-state index contributed by atoms with van der Waals surface area (Å²) < 4.78 is 35.6. The molecule has 1 aromatic heterocycles. The van der Waals surface area contributed by atoms with Gasteiger partial charge in [-0.25, -0.2) is 4.98 Å². The van der Waals surface area contributed by atoms with Gasteiger partial charge in [0.2, 0.25) is 5.95 Å². The maximum absolute atomic E-state index is 14.9. The number of carbonyl (C=O) groups excluding carboxylic acids is 1. The fraction of sp³-hybridized carbons (Fsp3) is 0.607. The van der Waals surface area contributed by atoms with Crippen LogP contribution in [-0.4, -0.2) is 84.2 Å². The Hall–Kier alpha value is -3.09. The number of alkyl halides is 2. The zero-order valence-electron chi connectivity index (χ0n) is 23.4. The summed E-state index contributed by atoms with van der Waals surface area (Å²) in [5, 5.41) is 17.3. The lowest BCUT2D eigenvalue weighted by Crippen LogP contribution is -2.48. The number of fused-ring (bicyclic) bond motifs is 1. The molecule has 1 atom stereocenters. The predicted octanol–water partition coefficient (Wildman–Crippen LogP) is 3.65. The highest BCUT2D eigenvalue weighted by Crippen LogP contribution is 2.40. The molecule has 2 fully saturated rings. The van der Waals surface area contributed by atoms with Gasteiger partial charge in [-0.15, -0.1) is 0 Å². The Balaban J connectivity index is 1.40. The number of likely N-dealkylation sites (tertiary alicyclic amines) is 1. The Kier molecular flexibility index (Phi) is 8.39. The number of halogens is 2. The Morgan fingerprint density at radius 2 is 1.90 bits per heavy atom. The second-order valence-corrected chi connectivity index (χ2v) is 11.0. The highest BCUT2D eigenvalue weighted by Gasteiger charge is 2.48. The quantitative estimate of drug-likeness (QED) is 0.418. The van der Waals surface area contributed by atoms with Crippen molar-refractivity contribution >= 4 is 29.0 Å². The summed E-state index contributed by atoms with van der Waals surface area (Å²) in [5.74, 6) is -3.78. The van der Waals surface area contributed by atoms with Gasteiger partial charge in [0.15, 0.2) is 5.82 Å². The van der Waals surface area contributed by atoms with E-state index < -0.39 is 24.6 Å². The molecule has 3 aliphatic rings. The fourth-order valence-electron chi connectivity index (χ4n) is 5.81. The first-order valence-electron chi connectivity index (χ1n) is 14.1. The van der Waals surface area contributed by atoms with Crippen LogP contribution in [0.1, 0.15) is 57.2 Å². The van der Waals surface area contributed by atoms with Crippen LogP contribution in [-0.2, 0) is 4.79 Å². The van der Waals surface area contributed by atoms with Gasteiger partial charge >= 0.3 is 5.92 Å². The van der Waals surface area contributed by atoms with E-state index in [9.17, 15) is 18.7 Å². The van der Waals surface area contributed by atoms with Crippen molar-refractivity contribution in [3.63, 3.8) is 0 Å². The van der Waals surface area contributed by atoms with Gasteiger partial charge in [0.05, 0.1) is 25.0 Å². The molecule has 10 nitrogen and oxygen atoms in total. The number of aliphatic hydroxyl groups excluding tert-OH is 1. The minimum atomic E-state index is -3.54. The lowest BCUT2D eigenvalue weighted by Gasteiger charge is -2.31. The lowest BCUT2D eigenvalue weighted by molar-refractivity contribution is -0.140. The largest absolute Gasteiger partial charge is 0.492 e. The molecule has 0 spiro atoms. The van der Waals surface area contributed by atoms with Crippen LogP contribution >= 0.6 is 0 Å². The van der Waals surface area contributed by atoms with Crippen LogP contribution in [0.25, 0.3) is 0 Å². The highest BCUT2D eigenvalue weighted by atomic mass is 19.3. The molecule has 218 valence electrons. The first kappa shape index (κ1) is 28.4. The summed E-state index contributed by atoms with van der Waals surface area (Å²) in [6.07, 6.45) is 5.93. The molecule has 2 aliphatic heterocycles. The molecule has 1 unspecified atom stereocenters. The molecule has 3 N–H and O–H groups in total. The molecule has 2 aromatic rings.